The average molecular weight is 209 g/mol. The first kappa shape index (κ1) is 12.5. The molecule has 0 heterocycles. The Morgan fingerprint density at radius 3 is 2.53 bits per heavy atom. The molecule has 1 aliphatic rings. The zero-order valence-corrected chi connectivity index (χ0v) is 10.2. The van der Waals surface area contributed by atoms with E-state index >= 15 is 0 Å². The van der Waals surface area contributed by atoms with Crippen LogP contribution in [0.25, 0.3) is 0 Å². The minimum absolute atomic E-state index is 0.0165. The number of hydrogen-bond acceptors (Lipinski definition) is 3. The zero-order valence-electron chi connectivity index (χ0n) is 10.2. The molecule has 0 spiro atoms. The van der Waals surface area contributed by atoms with Crippen molar-refractivity contribution < 1.29 is 0 Å². The maximum absolute atomic E-state index is 9.06. The molecular weight excluding hydrogens is 186 g/mol. The lowest BCUT2D eigenvalue weighted by Crippen LogP contribution is -2.44. The predicted octanol–water partition coefficient (Wildman–Crippen LogP) is 1.75. The summed E-state index contributed by atoms with van der Waals surface area (Å²) in [5.41, 5.74) is 0. The molecular formula is C12H23N3. The summed E-state index contributed by atoms with van der Waals surface area (Å²) in [6.07, 6.45) is 3.82. The SMILES string of the molecule is CCCN(CC(C#N)NC(C)C)C1CC1. The van der Waals surface area contributed by atoms with Gasteiger partial charge in [0.1, 0.15) is 6.04 Å². The number of hydrogen-bond donors (Lipinski definition) is 1. The Morgan fingerprint density at radius 2 is 2.13 bits per heavy atom. The van der Waals surface area contributed by atoms with Crippen LogP contribution in [0, 0.1) is 11.3 Å². The van der Waals surface area contributed by atoms with Crippen LogP contribution in [0.5, 0.6) is 0 Å². The van der Waals surface area contributed by atoms with Crippen LogP contribution in [0.15, 0.2) is 0 Å². The second-order valence-corrected chi connectivity index (χ2v) is 4.73. The first-order chi connectivity index (χ1) is 7.17. The lowest BCUT2D eigenvalue weighted by Gasteiger charge is -2.25. The van der Waals surface area contributed by atoms with E-state index in [0.717, 1.165) is 19.1 Å². The monoisotopic (exact) mass is 209 g/mol. The van der Waals surface area contributed by atoms with Crippen molar-refractivity contribution in [2.45, 2.75) is 58.2 Å². The van der Waals surface area contributed by atoms with Gasteiger partial charge >= 0.3 is 0 Å². The van der Waals surface area contributed by atoms with Crippen LogP contribution in [0.1, 0.15) is 40.0 Å². The van der Waals surface area contributed by atoms with E-state index in [2.05, 4.69) is 37.1 Å². The molecule has 0 saturated heterocycles. The van der Waals surface area contributed by atoms with E-state index in [1.807, 2.05) is 0 Å². The molecule has 0 aromatic rings. The predicted molar refractivity (Wildman–Crippen MR) is 62.6 cm³/mol. The maximum atomic E-state index is 9.06. The van der Waals surface area contributed by atoms with E-state index in [-0.39, 0.29) is 6.04 Å². The molecule has 1 aliphatic carbocycles. The molecule has 0 aromatic heterocycles. The second-order valence-electron chi connectivity index (χ2n) is 4.73. The fraction of sp³-hybridized carbons (Fsp3) is 0.917. The van der Waals surface area contributed by atoms with Gasteiger partial charge in [-0.2, -0.15) is 5.26 Å². The quantitative estimate of drug-likeness (QED) is 0.694. The molecule has 1 unspecified atom stereocenters. The highest BCUT2D eigenvalue weighted by Crippen LogP contribution is 2.26. The van der Waals surface area contributed by atoms with Crippen molar-refractivity contribution in [3.05, 3.63) is 0 Å². The Hall–Kier alpha value is -0.590. The summed E-state index contributed by atoms with van der Waals surface area (Å²) in [6, 6.07) is 3.48. The Kier molecular flexibility index (Phi) is 5.07. The zero-order chi connectivity index (χ0) is 11.3. The van der Waals surface area contributed by atoms with Gasteiger partial charge < -0.3 is 0 Å². The van der Waals surface area contributed by atoms with Gasteiger partial charge in [0.15, 0.2) is 0 Å². The van der Waals surface area contributed by atoms with Gasteiger partial charge in [0.2, 0.25) is 0 Å². The Morgan fingerprint density at radius 1 is 1.47 bits per heavy atom. The standard InChI is InChI=1S/C12H23N3/c1-4-7-15(12-5-6-12)9-11(8-13)14-10(2)3/h10-12,14H,4-7,9H2,1-3H3. The molecule has 3 heteroatoms. The third kappa shape index (κ3) is 4.63. The summed E-state index contributed by atoms with van der Waals surface area (Å²) in [4.78, 5) is 2.46. The van der Waals surface area contributed by atoms with Crippen molar-refractivity contribution in [3.63, 3.8) is 0 Å². The number of nitriles is 1. The van der Waals surface area contributed by atoms with Gasteiger partial charge in [-0.15, -0.1) is 0 Å². The van der Waals surface area contributed by atoms with E-state index < -0.39 is 0 Å². The molecule has 3 nitrogen and oxygen atoms in total. The molecule has 86 valence electrons. The van der Waals surface area contributed by atoms with Crippen molar-refractivity contribution in [3.8, 4) is 6.07 Å². The molecule has 0 bridgehead atoms. The van der Waals surface area contributed by atoms with Crippen LogP contribution in [-0.4, -0.2) is 36.1 Å². The molecule has 0 amide bonds. The van der Waals surface area contributed by atoms with Crippen LogP contribution in [-0.2, 0) is 0 Å². The molecule has 15 heavy (non-hydrogen) atoms. The molecule has 0 aliphatic heterocycles. The fourth-order valence-corrected chi connectivity index (χ4v) is 1.92. The molecule has 0 aromatic carbocycles. The summed E-state index contributed by atoms with van der Waals surface area (Å²) < 4.78 is 0. The molecule has 1 N–H and O–H groups in total. The minimum atomic E-state index is -0.0165. The molecule has 1 rings (SSSR count). The van der Waals surface area contributed by atoms with E-state index in [1.165, 1.54) is 19.3 Å². The average Bonchev–Trinajstić information content (AvgIpc) is 2.98. The van der Waals surface area contributed by atoms with Crippen molar-refractivity contribution in [2.75, 3.05) is 13.1 Å². The summed E-state index contributed by atoms with van der Waals surface area (Å²) in [7, 11) is 0. The Labute approximate surface area is 93.5 Å². The van der Waals surface area contributed by atoms with E-state index in [9.17, 15) is 0 Å². The van der Waals surface area contributed by atoms with Crippen LogP contribution >= 0.6 is 0 Å². The smallest absolute Gasteiger partial charge is 0.108 e. The van der Waals surface area contributed by atoms with Crippen molar-refractivity contribution >= 4 is 0 Å². The Bertz CT molecular complexity index is 215. The highest BCUT2D eigenvalue weighted by atomic mass is 15.2. The fourth-order valence-electron chi connectivity index (χ4n) is 1.92. The van der Waals surface area contributed by atoms with Gasteiger partial charge in [-0.25, -0.2) is 0 Å². The number of nitrogens with zero attached hydrogens (tertiary/aromatic N) is 2. The first-order valence-corrected chi connectivity index (χ1v) is 6.07. The van der Waals surface area contributed by atoms with Crippen LogP contribution in [0.3, 0.4) is 0 Å². The Balaban J connectivity index is 2.36. The van der Waals surface area contributed by atoms with E-state index in [1.54, 1.807) is 0 Å². The van der Waals surface area contributed by atoms with Gasteiger partial charge in [-0.05, 0) is 39.7 Å². The van der Waals surface area contributed by atoms with E-state index in [0.29, 0.717) is 6.04 Å². The summed E-state index contributed by atoms with van der Waals surface area (Å²) in [5, 5.41) is 12.4. The normalized spacial score (nSPS) is 18.1. The van der Waals surface area contributed by atoms with Crippen LogP contribution in [0.4, 0.5) is 0 Å². The topological polar surface area (TPSA) is 39.1 Å². The van der Waals surface area contributed by atoms with Crippen LogP contribution < -0.4 is 5.32 Å². The van der Waals surface area contributed by atoms with Gasteiger partial charge in [0, 0.05) is 18.6 Å². The maximum Gasteiger partial charge on any atom is 0.108 e. The summed E-state index contributed by atoms with van der Waals surface area (Å²) >= 11 is 0. The van der Waals surface area contributed by atoms with E-state index in [4.69, 9.17) is 5.26 Å². The minimum Gasteiger partial charge on any atom is -0.299 e. The van der Waals surface area contributed by atoms with Gasteiger partial charge in [-0.1, -0.05) is 6.92 Å². The highest BCUT2D eigenvalue weighted by Gasteiger charge is 2.29. The van der Waals surface area contributed by atoms with Gasteiger partial charge in [-0.3, -0.25) is 10.2 Å². The highest BCUT2D eigenvalue weighted by molar-refractivity contribution is 4.96. The molecule has 1 atom stereocenters. The first-order valence-electron chi connectivity index (χ1n) is 6.07. The van der Waals surface area contributed by atoms with Crippen molar-refractivity contribution in [2.24, 2.45) is 0 Å². The lowest BCUT2D eigenvalue weighted by atomic mass is 10.2. The largest absolute Gasteiger partial charge is 0.299 e. The van der Waals surface area contributed by atoms with Gasteiger partial charge in [0.25, 0.3) is 0 Å². The molecule has 0 radical (unpaired) electrons. The lowest BCUT2D eigenvalue weighted by molar-refractivity contribution is 0.244. The third-order valence-electron chi connectivity index (χ3n) is 2.68. The number of rotatable bonds is 7. The molecule has 1 saturated carbocycles. The van der Waals surface area contributed by atoms with Gasteiger partial charge in [0.05, 0.1) is 6.07 Å². The molecule has 1 fully saturated rings. The summed E-state index contributed by atoms with van der Waals surface area (Å²) in [6.45, 7) is 8.39. The van der Waals surface area contributed by atoms with Crippen molar-refractivity contribution in [1.29, 1.82) is 5.26 Å². The number of nitrogens with one attached hydrogen (secondary N) is 1. The van der Waals surface area contributed by atoms with Crippen molar-refractivity contribution in [1.82, 2.24) is 10.2 Å². The van der Waals surface area contributed by atoms with Crippen LogP contribution in [0.2, 0.25) is 0 Å². The summed E-state index contributed by atoms with van der Waals surface area (Å²) in [5.74, 6) is 0. The third-order valence-corrected chi connectivity index (χ3v) is 2.68. The second kappa shape index (κ2) is 6.09.